The van der Waals surface area contributed by atoms with Gasteiger partial charge in [0.15, 0.2) is 0 Å². The van der Waals surface area contributed by atoms with Gasteiger partial charge in [-0.25, -0.2) is 0 Å². The lowest BCUT2D eigenvalue weighted by atomic mass is 10.1. The molecule has 0 unspecified atom stereocenters. The molecule has 52 valence electrons. The molecule has 9 heavy (non-hydrogen) atoms. The summed E-state index contributed by atoms with van der Waals surface area (Å²) in [5.74, 6) is 1.50. The van der Waals surface area contributed by atoms with Gasteiger partial charge in [-0.3, -0.25) is 0 Å². The van der Waals surface area contributed by atoms with Crippen LogP contribution in [0, 0.1) is 12.8 Å². The van der Waals surface area contributed by atoms with Crippen LogP contribution >= 0.6 is 0 Å². The van der Waals surface area contributed by atoms with Gasteiger partial charge in [-0.05, 0) is 32.1 Å². The summed E-state index contributed by atoms with van der Waals surface area (Å²) in [5, 5.41) is 0. The number of hydrogen-bond acceptors (Lipinski definition) is 0. The van der Waals surface area contributed by atoms with E-state index in [9.17, 15) is 0 Å². The predicted molar refractivity (Wildman–Crippen MR) is 42.9 cm³/mol. The molecule has 0 aliphatic rings. The molecule has 0 nitrogen and oxygen atoms in total. The van der Waals surface area contributed by atoms with Gasteiger partial charge in [0.25, 0.3) is 0 Å². The van der Waals surface area contributed by atoms with E-state index in [1.54, 1.807) is 0 Å². The average Bonchev–Trinajstić information content (AvgIpc) is 1.80. The SMILES string of the molecule is [CH2]CC=CCC[C](C)C. The zero-order valence-corrected chi connectivity index (χ0v) is 6.48. The average molecular weight is 124 g/mol. The van der Waals surface area contributed by atoms with E-state index in [1.165, 1.54) is 18.8 Å². The van der Waals surface area contributed by atoms with Crippen LogP contribution in [0.2, 0.25) is 0 Å². The first-order valence-corrected chi connectivity index (χ1v) is 3.50. The van der Waals surface area contributed by atoms with Crippen LogP contribution in [-0.4, -0.2) is 0 Å². The first kappa shape index (κ1) is 8.74. The van der Waals surface area contributed by atoms with E-state index in [0.717, 1.165) is 6.42 Å². The topological polar surface area (TPSA) is 0 Å². The molecule has 0 amide bonds. The van der Waals surface area contributed by atoms with E-state index in [-0.39, 0.29) is 0 Å². The molecule has 0 aliphatic heterocycles. The summed E-state index contributed by atoms with van der Waals surface area (Å²) in [6.07, 6.45) is 7.63. The Morgan fingerprint density at radius 1 is 1.33 bits per heavy atom. The van der Waals surface area contributed by atoms with E-state index < -0.39 is 0 Å². The van der Waals surface area contributed by atoms with Crippen LogP contribution in [0.5, 0.6) is 0 Å². The first-order chi connectivity index (χ1) is 4.27. The van der Waals surface area contributed by atoms with Gasteiger partial charge in [-0.2, -0.15) is 0 Å². The van der Waals surface area contributed by atoms with E-state index >= 15 is 0 Å². The molecule has 0 fully saturated rings. The molecular weight excluding hydrogens is 108 g/mol. The van der Waals surface area contributed by atoms with Crippen molar-refractivity contribution < 1.29 is 0 Å². The van der Waals surface area contributed by atoms with Crippen molar-refractivity contribution in [1.29, 1.82) is 0 Å². The summed E-state index contributed by atoms with van der Waals surface area (Å²) in [5.41, 5.74) is 0. The van der Waals surface area contributed by atoms with Gasteiger partial charge >= 0.3 is 0 Å². The fourth-order valence-electron chi connectivity index (χ4n) is 0.608. The molecule has 0 atom stereocenters. The normalized spacial score (nSPS) is 11.6. The lowest BCUT2D eigenvalue weighted by molar-refractivity contribution is 0.850. The molecule has 0 heteroatoms. The van der Waals surface area contributed by atoms with E-state index in [4.69, 9.17) is 0 Å². The van der Waals surface area contributed by atoms with Gasteiger partial charge in [-0.1, -0.05) is 26.0 Å². The highest BCUT2D eigenvalue weighted by molar-refractivity contribution is 4.87. The van der Waals surface area contributed by atoms with Crippen LogP contribution in [-0.2, 0) is 0 Å². The van der Waals surface area contributed by atoms with Gasteiger partial charge in [0.2, 0.25) is 0 Å². The van der Waals surface area contributed by atoms with Crippen molar-refractivity contribution in [2.45, 2.75) is 33.1 Å². The maximum absolute atomic E-state index is 3.71. The van der Waals surface area contributed by atoms with Crippen LogP contribution < -0.4 is 0 Å². The Bertz CT molecular complexity index is 70.1. The number of hydrogen-bond donors (Lipinski definition) is 0. The molecule has 0 saturated carbocycles. The highest BCUT2D eigenvalue weighted by Gasteiger charge is 1.88. The Morgan fingerprint density at radius 2 is 2.00 bits per heavy atom. The zero-order valence-electron chi connectivity index (χ0n) is 6.48. The number of rotatable bonds is 4. The monoisotopic (exact) mass is 124 g/mol. The largest absolute Gasteiger partial charge is 0.0885 e. The minimum atomic E-state index is 0.919. The minimum absolute atomic E-state index is 0.919. The third kappa shape index (κ3) is 7.74. The van der Waals surface area contributed by atoms with Gasteiger partial charge in [-0.15, -0.1) is 0 Å². The summed E-state index contributed by atoms with van der Waals surface area (Å²) < 4.78 is 0. The highest BCUT2D eigenvalue weighted by Crippen LogP contribution is 2.05. The van der Waals surface area contributed by atoms with Crippen LogP contribution in [0.4, 0.5) is 0 Å². The highest BCUT2D eigenvalue weighted by atomic mass is 13.9. The third-order valence-electron chi connectivity index (χ3n) is 1.14. The summed E-state index contributed by atoms with van der Waals surface area (Å²) in [6, 6.07) is 0. The van der Waals surface area contributed by atoms with Gasteiger partial charge in [0, 0.05) is 0 Å². The van der Waals surface area contributed by atoms with E-state index in [2.05, 4.69) is 32.9 Å². The summed E-state index contributed by atoms with van der Waals surface area (Å²) in [7, 11) is 0. The van der Waals surface area contributed by atoms with Crippen molar-refractivity contribution in [3.8, 4) is 0 Å². The Balaban J connectivity index is 2.99. The third-order valence-corrected chi connectivity index (χ3v) is 1.14. The molecule has 2 radical (unpaired) electrons. The zero-order chi connectivity index (χ0) is 7.11. The molecule has 0 heterocycles. The second-order valence-corrected chi connectivity index (χ2v) is 2.51. The predicted octanol–water partition coefficient (Wildman–Crippen LogP) is 3.16. The van der Waals surface area contributed by atoms with Crippen molar-refractivity contribution in [1.82, 2.24) is 0 Å². The molecule has 0 aliphatic carbocycles. The Morgan fingerprint density at radius 3 is 2.44 bits per heavy atom. The molecule has 0 saturated heterocycles. The van der Waals surface area contributed by atoms with Crippen LogP contribution in [0.3, 0.4) is 0 Å². The molecule has 0 aromatic heterocycles. The van der Waals surface area contributed by atoms with Crippen LogP contribution in [0.1, 0.15) is 33.1 Å². The maximum Gasteiger partial charge on any atom is -0.0300 e. The van der Waals surface area contributed by atoms with Crippen LogP contribution in [0.15, 0.2) is 12.2 Å². The number of allylic oxidation sites excluding steroid dienone is 2. The van der Waals surface area contributed by atoms with Crippen molar-refractivity contribution in [3.63, 3.8) is 0 Å². The van der Waals surface area contributed by atoms with Crippen LogP contribution in [0.25, 0.3) is 0 Å². The summed E-state index contributed by atoms with van der Waals surface area (Å²) in [6.45, 7) is 8.04. The lowest BCUT2D eigenvalue weighted by Gasteiger charge is -1.97. The van der Waals surface area contributed by atoms with Crippen molar-refractivity contribution in [2.24, 2.45) is 0 Å². The van der Waals surface area contributed by atoms with Gasteiger partial charge in [0.1, 0.15) is 0 Å². The Labute approximate surface area is 59.0 Å². The lowest BCUT2D eigenvalue weighted by Crippen LogP contribution is -1.80. The van der Waals surface area contributed by atoms with Crippen molar-refractivity contribution in [3.05, 3.63) is 25.0 Å². The molecule has 0 aromatic rings. The standard InChI is InChI=1S/C9H16/c1-4-5-6-7-8-9(2)3/h5-6H,1,4,7-8H2,2-3H3. The quantitative estimate of drug-likeness (QED) is 0.505. The fourth-order valence-corrected chi connectivity index (χ4v) is 0.608. The van der Waals surface area contributed by atoms with Gasteiger partial charge in [0.05, 0.1) is 0 Å². The maximum atomic E-state index is 3.71. The first-order valence-electron chi connectivity index (χ1n) is 3.50. The fraction of sp³-hybridized carbons (Fsp3) is 0.556. The summed E-state index contributed by atoms with van der Waals surface area (Å²) >= 11 is 0. The second kappa shape index (κ2) is 5.87. The van der Waals surface area contributed by atoms with E-state index in [1.807, 2.05) is 0 Å². The Kier molecular flexibility index (Phi) is 5.70. The summed E-state index contributed by atoms with van der Waals surface area (Å²) in [4.78, 5) is 0. The molecule has 0 spiro atoms. The van der Waals surface area contributed by atoms with Crippen molar-refractivity contribution in [2.75, 3.05) is 0 Å². The van der Waals surface area contributed by atoms with Gasteiger partial charge < -0.3 is 0 Å². The smallest absolute Gasteiger partial charge is 0.0300 e. The second-order valence-electron chi connectivity index (χ2n) is 2.51. The minimum Gasteiger partial charge on any atom is -0.0885 e. The Hall–Kier alpha value is -0.260. The molecule has 0 N–H and O–H groups in total. The molecule has 0 rings (SSSR count). The van der Waals surface area contributed by atoms with Crippen molar-refractivity contribution >= 4 is 0 Å². The molecule has 0 bridgehead atoms. The molecule has 0 aromatic carbocycles. The molecular formula is C9H16. The van der Waals surface area contributed by atoms with E-state index in [0.29, 0.717) is 0 Å².